The summed E-state index contributed by atoms with van der Waals surface area (Å²) in [7, 11) is 0. The van der Waals surface area contributed by atoms with Gasteiger partial charge in [-0.05, 0) is 49.7 Å². The van der Waals surface area contributed by atoms with Crippen LogP contribution >= 0.6 is 0 Å². The van der Waals surface area contributed by atoms with Gasteiger partial charge in [-0.2, -0.15) is 0 Å². The number of aromatic nitrogens is 2. The molecule has 0 spiro atoms. The smallest absolute Gasteiger partial charge is 0.259 e. The van der Waals surface area contributed by atoms with Crippen LogP contribution in [0.15, 0.2) is 59.1 Å². The number of halogens is 1. The minimum atomic E-state index is -0.425. The number of carbonyl (C=O) groups excluding carboxylic acids is 1. The molecule has 0 aliphatic carbocycles. The van der Waals surface area contributed by atoms with Crippen molar-refractivity contribution in [3.8, 4) is 11.3 Å². The third kappa shape index (κ3) is 3.17. The standard InChI is InChI=1S/C21H16FN3O2/c1-12-6-5-7-14(10-12)23-20(26)16-11-18(15-8-3-4-9-17(15)22)24-21-19(16)13(2)25-27-21/h3-11H,1-2H3,(H,23,26). The molecule has 2 aromatic carbocycles. The normalized spacial score (nSPS) is 10.9. The lowest BCUT2D eigenvalue weighted by Gasteiger charge is -2.09. The fourth-order valence-electron chi connectivity index (χ4n) is 3.00. The van der Waals surface area contributed by atoms with Crippen molar-refractivity contribution in [2.75, 3.05) is 5.32 Å². The monoisotopic (exact) mass is 361 g/mol. The highest BCUT2D eigenvalue weighted by Crippen LogP contribution is 2.29. The van der Waals surface area contributed by atoms with E-state index in [-0.39, 0.29) is 17.2 Å². The van der Waals surface area contributed by atoms with Crippen LogP contribution in [0.1, 0.15) is 21.6 Å². The summed E-state index contributed by atoms with van der Waals surface area (Å²) in [6.45, 7) is 3.68. The molecule has 4 rings (SSSR count). The molecule has 2 aromatic heterocycles. The summed E-state index contributed by atoms with van der Waals surface area (Å²) in [6.07, 6.45) is 0. The second-order valence-corrected chi connectivity index (χ2v) is 6.31. The molecule has 6 heteroatoms. The van der Waals surface area contributed by atoms with E-state index in [9.17, 15) is 9.18 Å². The van der Waals surface area contributed by atoms with Gasteiger partial charge in [0.2, 0.25) is 0 Å². The van der Waals surface area contributed by atoms with Crippen molar-refractivity contribution in [2.45, 2.75) is 13.8 Å². The van der Waals surface area contributed by atoms with Gasteiger partial charge >= 0.3 is 0 Å². The third-order valence-electron chi connectivity index (χ3n) is 4.29. The fourth-order valence-corrected chi connectivity index (χ4v) is 3.00. The van der Waals surface area contributed by atoms with Crippen LogP contribution in [-0.2, 0) is 0 Å². The van der Waals surface area contributed by atoms with Crippen LogP contribution < -0.4 is 5.32 Å². The Bertz CT molecular complexity index is 1170. The number of hydrogen-bond donors (Lipinski definition) is 1. The highest BCUT2D eigenvalue weighted by atomic mass is 19.1. The van der Waals surface area contributed by atoms with Crippen molar-refractivity contribution in [3.05, 3.63) is 77.2 Å². The summed E-state index contributed by atoms with van der Waals surface area (Å²) in [5.74, 6) is -0.762. The molecule has 5 nitrogen and oxygen atoms in total. The lowest BCUT2D eigenvalue weighted by Crippen LogP contribution is -2.13. The van der Waals surface area contributed by atoms with Crippen molar-refractivity contribution in [2.24, 2.45) is 0 Å². The molecule has 134 valence electrons. The Hall–Kier alpha value is -3.54. The van der Waals surface area contributed by atoms with Crippen molar-refractivity contribution < 1.29 is 13.7 Å². The summed E-state index contributed by atoms with van der Waals surface area (Å²) < 4.78 is 19.5. The number of nitrogens with one attached hydrogen (secondary N) is 1. The second kappa shape index (κ2) is 6.64. The van der Waals surface area contributed by atoms with Crippen LogP contribution in [0.5, 0.6) is 0 Å². The first-order chi connectivity index (χ1) is 13.0. The van der Waals surface area contributed by atoms with Gasteiger partial charge in [0.25, 0.3) is 11.6 Å². The van der Waals surface area contributed by atoms with Crippen molar-refractivity contribution >= 4 is 22.7 Å². The zero-order valence-electron chi connectivity index (χ0n) is 14.8. The van der Waals surface area contributed by atoms with Gasteiger partial charge in [-0.3, -0.25) is 4.79 Å². The number of amides is 1. The van der Waals surface area contributed by atoms with Gasteiger partial charge in [0, 0.05) is 11.3 Å². The lowest BCUT2D eigenvalue weighted by molar-refractivity contribution is 0.102. The van der Waals surface area contributed by atoms with Crippen LogP contribution in [-0.4, -0.2) is 16.0 Å². The molecule has 0 radical (unpaired) electrons. The van der Waals surface area contributed by atoms with Crippen molar-refractivity contribution in [3.63, 3.8) is 0 Å². The molecule has 4 aromatic rings. The van der Waals surface area contributed by atoms with Gasteiger partial charge < -0.3 is 9.84 Å². The Morgan fingerprint density at radius 1 is 1.07 bits per heavy atom. The summed E-state index contributed by atoms with van der Waals surface area (Å²) in [6, 6.07) is 15.3. The van der Waals surface area contributed by atoms with E-state index in [0.29, 0.717) is 28.0 Å². The number of rotatable bonds is 3. The largest absolute Gasteiger partial charge is 0.335 e. The zero-order valence-corrected chi connectivity index (χ0v) is 14.8. The van der Waals surface area contributed by atoms with E-state index >= 15 is 0 Å². The topological polar surface area (TPSA) is 68.0 Å². The number of anilines is 1. The zero-order chi connectivity index (χ0) is 19.0. The van der Waals surface area contributed by atoms with E-state index in [1.807, 2.05) is 31.2 Å². The molecule has 0 unspecified atom stereocenters. The number of fused-ring (bicyclic) bond motifs is 1. The Balaban J connectivity index is 1.84. The molecule has 0 aliphatic rings. The van der Waals surface area contributed by atoms with E-state index in [2.05, 4.69) is 15.5 Å². The molecule has 0 aliphatic heterocycles. The maximum absolute atomic E-state index is 14.2. The van der Waals surface area contributed by atoms with Crippen LogP contribution in [0.4, 0.5) is 10.1 Å². The number of nitrogens with zero attached hydrogens (tertiary/aromatic N) is 2. The Labute approximate surface area is 154 Å². The van der Waals surface area contributed by atoms with Crippen molar-refractivity contribution in [1.82, 2.24) is 10.1 Å². The quantitative estimate of drug-likeness (QED) is 0.564. The minimum Gasteiger partial charge on any atom is -0.335 e. The first-order valence-electron chi connectivity index (χ1n) is 8.43. The van der Waals surface area contributed by atoms with Gasteiger partial charge in [-0.15, -0.1) is 0 Å². The predicted molar refractivity (Wildman–Crippen MR) is 101 cm³/mol. The van der Waals surface area contributed by atoms with Crippen molar-refractivity contribution in [1.29, 1.82) is 0 Å². The first-order valence-corrected chi connectivity index (χ1v) is 8.43. The maximum Gasteiger partial charge on any atom is 0.259 e. The van der Waals surface area contributed by atoms with Gasteiger partial charge in [0.15, 0.2) is 0 Å². The number of hydrogen-bond acceptors (Lipinski definition) is 4. The summed E-state index contributed by atoms with van der Waals surface area (Å²) in [5, 5.41) is 7.29. The van der Waals surface area contributed by atoms with Crippen LogP contribution in [0.25, 0.3) is 22.4 Å². The molecule has 1 amide bonds. The van der Waals surface area contributed by atoms with Gasteiger partial charge in [0.1, 0.15) is 5.82 Å². The van der Waals surface area contributed by atoms with E-state index in [4.69, 9.17) is 4.52 Å². The van der Waals surface area contributed by atoms with Crippen LogP contribution in [0.3, 0.4) is 0 Å². The third-order valence-corrected chi connectivity index (χ3v) is 4.29. The summed E-state index contributed by atoms with van der Waals surface area (Å²) in [5.41, 5.74) is 3.38. The molecular weight excluding hydrogens is 345 g/mol. The van der Waals surface area contributed by atoms with Gasteiger partial charge in [0.05, 0.1) is 22.3 Å². The maximum atomic E-state index is 14.2. The summed E-state index contributed by atoms with van der Waals surface area (Å²) in [4.78, 5) is 17.3. The molecule has 2 heterocycles. The van der Waals surface area contributed by atoms with E-state index < -0.39 is 5.82 Å². The molecule has 0 saturated carbocycles. The number of pyridine rings is 1. The number of aryl methyl sites for hydroxylation is 2. The van der Waals surface area contributed by atoms with E-state index in [1.165, 1.54) is 6.07 Å². The predicted octanol–water partition coefficient (Wildman–Crippen LogP) is 4.90. The molecular formula is C21H16FN3O2. The SMILES string of the molecule is Cc1cccc(NC(=O)c2cc(-c3ccccc3F)nc3onc(C)c23)c1. The van der Waals surface area contributed by atoms with Gasteiger partial charge in [-0.25, -0.2) is 9.37 Å². The Morgan fingerprint density at radius 3 is 2.67 bits per heavy atom. The average Bonchev–Trinajstić information content (AvgIpc) is 3.02. The molecule has 0 bridgehead atoms. The lowest BCUT2D eigenvalue weighted by atomic mass is 10.0. The molecule has 0 fully saturated rings. The molecule has 0 saturated heterocycles. The van der Waals surface area contributed by atoms with Crippen LogP contribution in [0.2, 0.25) is 0 Å². The summed E-state index contributed by atoms with van der Waals surface area (Å²) >= 11 is 0. The van der Waals surface area contributed by atoms with Crippen LogP contribution in [0, 0.1) is 19.7 Å². The molecule has 27 heavy (non-hydrogen) atoms. The highest BCUT2D eigenvalue weighted by molar-refractivity contribution is 6.13. The Kier molecular flexibility index (Phi) is 4.16. The number of carbonyl (C=O) groups is 1. The van der Waals surface area contributed by atoms with E-state index in [1.54, 1.807) is 31.2 Å². The second-order valence-electron chi connectivity index (χ2n) is 6.31. The molecule has 0 atom stereocenters. The molecule has 1 N–H and O–H groups in total. The van der Waals surface area contributed by atoms with Gasteiger partial charge in [-0.1, -0.05) is 29.4 Å². The number of benzene rings is 2. The Morgan fingerprint density at radius 2 is 1.89 bits per heavy atom. The minimum absolute atomic E-state index is 0.197. The highest BCUT2D eigenvalue weighted by Gasteiger charge is 2.20. The van der Waals surface area contributed by atoms with E-state index in [0.717, 1.165) is 5.56 Å². The fraction of sp³-hybridized carbons (Fsp3) is 0.0952. The first kappa shape index (κ1) is 16.9. The average molecular weight is 361 g/mol.